The molecule has 1 aromatic heterocycles. The molecule has 0 saturated carbocycles. The minimum absolute atomic E-state index is 0.538. The fourth-order valence-electron chi connectivity index (χ4n) is 1.50. The van der Waals surface area contributed by atoms with Gasteiger partial charge in [0.05, 0.1) is 0 Å². The van der Waals surface area contributed by atoms with Crippen LogP contribution < -0.4 is 5.73 Å². The molecule has 1 aromatic carbocycles. The SMILES string of the molecule is Cc1cnc(Sc2ccc(C)cc2CN)nc1. The molecular formula is C13H15N3S. The van der Waals surface area contributed by atoms with Crippen LogP contribution in [0.25, 0.3) is 0 Å². The van der Waals surface area contributed by atoms with Crippen LogP contribution >= 0.6 is 11.8 Å². The van der Waals surface area contributed by atoms with Gasteiger partial charge in [-0.3, -0.25) is 0 Å². The molecule has 0 aliphatic heterocycles. The van der Waals surface area contributed by atoms with E-state index in [4.69, 9.17) is 5.73 Å². The number of aromatic nitrogens is 2. The van der Waals surface area contributed by atoms with Crippen LogP contribution in [0.5, 0.6) is 0 Å². The molecule has 0 atom stereocenters. The summed E-state index contributed by atoms with van der Waals surface area (Å²) in [7, 11) is 0. The van der Waals surface area contributed by atoms with E-state index in [0.29, 0.717) is 6.54 Å². The first-order chi connectivity index (χ1) is 8.19. The zero-order valence-corrected chi connectivity index (χ0v) is 10.8. The fraction of sp³-hybridized carbons (Fsp3) is 0.231. The topological polar surface area (TPSA) is 51.8 Å². The van der Waals surface area contributed by atoms with Gasteiger partial charge in [-0.15, -0.1) is 0 Å². The lowest BCUT2D eigenvalue weighted by Gasteiger charge is -2.07. The van der Waals surface area contributed by atoms with Crippen molar-refractivity contribution < 1.29 is 0 Å². The Morgan fingerprint density at radius 1 is 1.12 bits per heavy atom. The summed E-state index contributed by atoms with van der Waals surface area (Å²) in [5.74, 6) is 0. The van der Waals surface area contributed by atoms with Crippen molar-refractivity contribution in [1.82, 2.24) is 9.97 Å². The maximum atomic E-state index is 5.74. The summed E-state index contributed by atoms with van der Waals surface area (Å²) in [5, 5.41) is 0.758. The Balaban J connectivity index is 2.26. The molecule has 0 bridgehead atoms. The number of aryl methyl sites for hydroxylation is 2. The van der Waals surface area contributed by atoms with Gasteiger partial charge in [0.1, 0.15) is 0 Å². The highest BCUT2D eigenvalue weighted by Crippen LogP contribution is 2.28. The minimum atomic E-state index is 0.538. The zero-order chi connectivity index (χ0) is 12.3. The van der Waals surface area contributed by atoms with Crippen molar-refractivity contribution >= 4 is 11.8 Å². The maximum Gasteiger partial charge on any atom is 0.192 e. The third kappa shape index (κ3) is 3.05. The van der Waals surface area contributed by atoms with Gasteiger partial charge in [0, 0.05) is 23.8 Å². The minimum Gasteiger partial charge on any atom is -0.326 e. The first kappa shape index (κ1) is 12.1. The van der Waals surface area contributed by atoms with Gasteiger partial charge in [-0.05, 0) is 42.8 Å². The van der Waals surface area contributed by atoms with E-state index in [9.17, 15) is 0 Å². The Morgan fingerprint density at radius 3 is 2.47 bits per heavy atom. The molecule has 0 unspecified atom stereocenters. The molecule has 0 fully saturated rings. The normalized spacial score (nSPS) is 10.5. The van der Waals surface area contributed by atoms with Gasteiger partial charge >= 0.3 is 0 Å². The highest BCUT2D eigenvalue weighted by atomic mass is 32.2. The van der Waals surface area contributed by atoms with E-state index in [1.165, 1.54) is 5.56 Å². The van der Waals surface area contributed by atoms with Crippen molar-refractivity contribution in [2.45, 2.75) is 30.4 Å². The lowest BCUT2D eigenvalue weighted by molar-refractivity contribution is 0.944. The number of hydrogen-bond acceptors (Lipinski definition) is 4. The summed E-state index contributed by atoms with van der Waals surface area (Å²) >= 11 is 1.55. The number of hydrogen-bond donors (Lipinski definition) is 1. The van der Waals surface area contributed by atoms with Crippen LogP contribution in [0.3, 0.4) is 0 Å². The molecular weight excluding hydrogens is 230 g/mol. The van der Waals surface area contributed by atoms with Gasteiger partial charge in [0.2, 0.25) is 0 Å². The van der Waals surface area contributed by atoms with Gasteiger partial charge in [-0.2, -0.15) is 0 Å². The molecule has 0 radical (unpaired) electrons. The highest BCUT2D eigenvalue weighted by molar-refractivity contribution is 7.99. The van der Waals surface area contributed by atoms with Gasteiger partial charge in [0.25, 0.3) is 0 Å². The van der Waals surface area contributed by atoms with Crippen LogP contribution in [0.2, 0.25) is 0 Å². The number of nitrogens with zero attached hydrogens (tertiary/aromatic N) is 2. The molecule has 2 N–H and O–H groups in total. The van der Waals surface area contributed by atoms with Gasteiger partial charge in [-0.1, -0.05) is 17.7 Å². The summed E-state index contributed by atoms with van der Waals surface area (Å²) < 4.78 is 0. The Bertz CT molecular complexity index is 509. The first-order valence-corrected chi connectivity index (χ1v) is 6.27. The largest absolute Gasteiger partial charge is 0.326 e. The van der Waals surface area contributed by atoms with Crippen molar-refractivity contribution in [3.8, 4) is 0 Å². The fourth-order valence-corrected chi connectivity index (χ4v) is 2.32. The third-order valence-corrected chi connectivity index (χ3v) is 3.41. The molecule has 3 nitrogen and oxygen atoms in total. The maximum absolute atomic E-state index is 5.74. The number of nitrogens with two attached hydrogens (primary N) is 1. The van der Waals surface area contributed by atoms with Crippen molar-refractivity contribution in [2.75, 3.05) is 0 Å². The smallest absolute Gasteiger partial charge is 0.192 e. The molecule has 2 rings (SSSR count). The standard InChI is InChI=1S/C13H15N3S/c1-9-3-4-12(11(5-9)6-14)17-13-15-7-10(2)8-16-13/h3-5,7-8H,6,14H2,1-2H3. The molecule has 4 heteroatoms. The van der Waals surface area contributed by atoms with E-state index in [1.807, 2.05) is 19.3 Å². The molecule has 0 amide bonds. The number of benzene rings is 1. The van der Waals surface area contributed by atoms with Crippen LogP contribution in [-0.2, 0) is 6.54 Å². The molecule has 88 valence electrons. The lowest BCUT2D eigenvalue weighted by atomic mass is 10.1. The molecule has 1 heterocycles. The quantitative estimate of drug-likeness (QED) is 0.845. The van der Waals surface area contributed by atoms with E-state index in [0.717, 1.165) is 21.2 Å². The molecule has 0 aliphatic carbocycles. The second-order valence-electron chi connectivity index (χ2n) is 3.96. The van der Waals surface area contributed by atoms with Crippen molar-refractivity contribution in [2.24, 2.45) is 5.73 Å². The lowest BCUT2D eigenvalue weighted by Crippen LogP contribution is -1.99. The average molecular weight is 245 g/mol. The summed E-state index contributed by atoms with van der Waals surface area (Å²) in [6.07, 6.45) is 3.65. The van der Waals surface area contributed by atoms with Gasteiger partial charge in [-0.25, -0.2) is 9.97 Å². The van der Waals surface area contributed by atoms with Crippen molar-refractivity contribution in [3.05, 3.63) is 47.3 Å². The summed E-state index contributed by atoms with van der Waals surface area (Å²) in [6, 6.07) is 6.26. The Morgan fingerprint density at radius 2 is 1.82 bits per heavy atom. The third-order valence-electron chi connectivity index (χ3n) is 2.39. The number of rotatable bonds is 3. The molecule has 0 saturated heterocycles. The summed E-state index contributed by atoms with van der Waals surface area (Å²) in [6.45, 7) is 4.58. The molecule has 0 spiro atoms. The van der Waals surface area contributed by atoms with Crippen LogP contribution in [0.15, 0.2) is 40.6 Å². The summed E-state index contributed by atoms with van der Waals surface area (Å²) in [5.41, 5.74) is 9.17. The Kier molecular flexibility index (Phi) is 3.76. The van der Waals surface area contributed by atoms with Gasteiger partial charge < -0.3 is 5.73 Å². The van der Waals surface area contributed by atoms with E-state index in [-0.39, 0.29) is 0 Å². The van der Waals surface area contributed by atoms with Crippen LogP contribution in [0.4, 0.5) is 0 Å². The van der Waals surface area contributed by atoms with Crippen LogP contribution in [0, 0.1) is 13.8 Å². The van der Waals surface area contributed by atoms with Crippen LogP contribution in [-0.4, -0.2) is 9.97 Å². The van der Waals surface area contributed by atoms with Crippen molar-refractivity contribution in [1.29, 1.82) is 0 Å². The van der Waals surface area contributed by atoms with E-state index >= 15 is 0 Å². The summed E-state index contributed by atoms with van der Waals surface area (Å²) in [4.78, 5) is 9.69. The Labute approximate surface area is 105 Å². The average Bonchev–Trinajstić information content (AvgIpc) is 2.34. The predicted molar refractivity (Wildman–Crippen MR) is 70.0 cm³/mol. The molecule has 17 heavy (non-hydrogen) atoms. The van der Waals surface area contributed by atoms with Gasteiger partial charge in [0.15, 0.2) is 5.16 Å². The monoisotopic (exact) mass is 245 g/mol. The van der Waals surface area contributed by atoms with Crippen LogP contribution in [0.1, 0.15) is 16.7 Å². The molecule has 2 aromatic rings. The first-order valence-electron chi connectivity index (χ1n) is 5.45. The van der Waals surface area contributed by atoms with E-state index in [2.05, 4.69) is 35.1 Å². The van der Waals surface area contributed by atoms with E-state index in [1.54, 1.807) is 11.8 Å². The van der Waals surface area contributed by atoms with E-state index < -0.39 is 0 Å². The molecule has 0 aliphatic rings. The second kappa shape index (κ2) is 5.29. The Hall–Kier alpha value is -1.39. The second-order valence-corrected chi connectivity index (χ2v) is 4.97. The predicted octanol–water partition coefficient (Wildman–Crippen LogP) is 2.70. The zero-order valence-electron chi connectivity index (χ0n) is 9.97. The highest BCUT2D eigenvalue weighted by Gasteiger charge is 2.05. The van der Waals surface area contributed by atoms with Crippen molar-refractivity contribution in [3.63, 3.8) is 0 Å².